The molecule has 0 saturated heterocycles. The Kier molecular flexibility index (Phi) is 15.6. The number of aromatic nitrogens is 3. The van der Waals surface area contributed by atoms with Gasteiger partial charge in [0.05, 0.1) is 22.6 Å². The van der Waals surface area contributed by atoms with Crippen molar-refractivity contribution in [2.24, 2.45) is 0 Å². The van der Waals surface area contributed by atoms with Crippen molar-refractivity contribution in [3.63, 3.8) is 0 Å². The predicted octanol–water partition coefficient (Wildman–Crippen LogP) is 18.2. The summed E-state index contributed by atoms with van der Waals surface area (Å²) in [6, 6.07) is 75.2. The molecule has 0 aliphatic rings. The van der Waals surface area contributed by atoms with Crippen molar-refractivity contribution in [3.8, 4) is 66.6 Å². The van der Waals surface area contributed by atoms with E-state index in [-0.39, 0.29) is 20.1 Å². The molecule has 2 heterocycles. The van der Waals surface area contributed by atoms with Crippen molar-refractivity contribution in [2.45, 2.75) is 65.7 Å². The summed E-state index contributed by atoms with van der Waals surface area (Å²) in [5.41, 5.74) is 17.0. The van der Waals surface area contributed by atoms with Crippen LogP contribution in [-0.4, -0.2) is 15.0 Å². The Labute approximate surface area is 430 Å². The molecule has 0 spiro atoms. The molecule has 0 amide bonds. The minimum Gasteiger partial charge on any atom is -0.285 e. The van der Waals surface area contributed by atoms with Crippen molar-refractivity contribution >= 4 is 43.2 Å². The zero-order valence-corrected chi connectivity index (χ0v) is 43.2. The number of hydrogen-bond acceptors (Lipinski definition) is 4. The number of fused-ring (bicyclic) bond motifs is 3. The Morgan fingerprint density at radius 2 is 1.09 bits per heavy atom. The van der Waals surface area contributed by atoms with Gasteiger partial charge in [0, 0.05) is 40.8 Å². The third kappa shape index (κ3) is 11.1. The summed E-state index contributed by atoms with van der Waals surface area (Å²) in [6.45, 7) is 6.59. The van der Waals surface area contributed by atoms with E-state index in [0.29, 0.717) is 5.82 Å². The van der Waals surface area contributed by atoms with Crippen molar-refractivity contribution in [1.82, 2.24) is 15.0 Å². The van der Waals surface area contributed by atoms with Crippen molar-refractivity contribution < 1.29 is 20.1 Å². The maximum Gasteiger partial charge on any atom is 0.0763 e. The normalized spacial score (nSPS) is 11.1. The quantitative estimate of drug-likeness (QED) is 0.0853. The van der Waals surface area contributed by atoms with Gasteiger partial charge in [-0.05, 0) is 107 Å². The molecule has 0 aliphatic carbocycles. The van der Waals surface area contributed by atoms with Gasteiger partial charge in [0.2, 0.25) is 0 Å². The van der Waals surface area contributed by atoms with Crippen molar-refractivity contribution in [1.29, 1.82) is 0 Å². The van der Waals surface area contributed by atoms with Crippen LogP contribution < -0.4 is 0 Å². The maximum atomic E-state index is 5.24. The fourth-order valence-corrected chi connectivity index (χ4v) is 10.3. The second-order valence-corrected chi connectivity index (χ2v) is 19.0. The molecule has 0 unspecified atom stereocenters. The summed E-state index contributed by atoms with van der Waals surface area (Å²) < 4.78 is 1.22. The molecule has 9 aromatic carbocycles. The average molecular weight is 1100 g/mol. The predicted molar refractivity (Wildman–Crippen MR) is 294 cm³/mol. The molecule has 3 nitrogen and oxygen atoms in total. The number of thiazole rings is 1. The van der Waals surface area contributed by atoms with E-state index in [4.69, 9.17) is 15.0 Å². The first-order valence-electron chi connectivity index (χ1n) is 24.4. The van der Waals surface area contributed by atoms with Crippen LogP contribution >= 0.6 is 11.3 Å². The Morgan fingerprint density at radius 3 is 1.90 bits per heavy atom. The van der Waals surface area contributed by atoms with Gasteiger partial charge in [-0.25, -0.2) is 0 Å². The van der Waals surface area contributed by atoms with Gasteiger partial charge in [-0.15, -0.1) is 70.8 Å². The molecule has 70 heavy (non-hydrogen) atoms. The fourth-order valence-electron chi connectivity index (χ4n) is 9.35. The van der Waals surface area contributed by atoms with Crippen LogP contribution in [0.1, 0.15) is 62.1 Å². The molecule has 2 aromatic heterocycles. The zero-order valence-electron chi connectivity index (χ0n) is 40.0. The second kappa shape index (κ2) is 22.7. The van der Waals surface area contributed by atoms with Gasteiger partial charge in [-0.1, -0.05) is 166 Å². The molecule has 0 bridgehead atoms. The minimum atomic E-state index is 0. The number of hydrogen-bond donors (Lipinski definition) is 0. The van der Waals surface area contributed by atoms with E-state index in [1.807, 2.05) is 24.3 Å². The summed E-state index contributed by atoms with van der Waals surface area (Å²) in [5.74, 6) is 0.682. The van der Waals surface area contributed by atoms with E-state index in [0.717, 1.165) is 60.5 Å². The summed E-state index contributed by atoms with van der Waals surface area (Å²) in [7, 11) is 0. The maximum absolute atomic E-state index is 5.24. The Morgan fingerprint density at radius 1 is 0.457 bits per heavy atom. The minimum absolute atomic E-state index is 0. The Balaban J connectivity index is 0.000000180. The number of rotatable bonds is 13. The number of benzene rings is 9. The van der Waals surface area contributed by atoms with Gasteiger partial charge < -0.3 is 0 Å². The molecule has 0 atom stereocenters. The van der Waals surface area contributed by atoms with E-state index in [1.54, 1.807) is 11.3 Å². The number of nitrogens with zero attached hydrogens (tertiary/aromatic N) is 3. The number of unbranched alkanes of at least 4 members (excludes halogenated alkanes) is 5. The van der Waals surface area contributed by atoms with E-state index in [9.17, 15) is 0 Å². The van der Waals surface area contributed by atoms with Crippen molar-refractivity contribution in [2.75, 3.05) is 0 Å². The smallest absolute Gasteiger partial charge is 0.0763 e. The van der Waals surface area contributed by atoms with Crippen LogP contribution in [0, 0.1) is 26.0 Å². The molecule has 5 heteroatoms. The van der Waals surface area contributed by atoms with Gasteiger partial charge in [-0.3, -0.25) is 15.0 Å². The van der Waals surface area contributed by atoms with Gasteiger partial charge in [-0.2, -0.15) is 11.3 Å². The number of para-hydroxylation sites is 1. The fraction of sp³-hybridized carbons (Fsp3) is 0.154. The topological polar surface area (TPSA) is 38.7 Å². The van der Waals surface area contributed by atoms with Gasteiger partial charge in [0.15, 0.2) is 0 Å². The largest absolute Gasteiger partial charge is 0.285 e. The van der Waals surface area contributed by atoms with Gasteiger partial charge in [0.25, 0.3) is 0 Å². The monoisotopic (exact) mass is 1100 g/mol. The van der Waals surface area contributed by atoms with E-state index >= 15 is 0 Å². The molecule has 0 aliphatic heterocycles. The van der Waals surface area contributed by atoms with E-state index in [2.05, 4.69) is 203 Å². The molecule has 1 radical (unpaired) electrons. The van der Waals surface area contributed by atoms with E-state index in [1.165, 1.54) is 93.8 Å². The molecule has 0 N–H and O–H groups in total. The summed E-state index contributed by atoms with van der Waals surface area (Å²) >= 11 is 1.73. The summed E-state index contributed by atoms with van der Waals surface area (Å²) in [4.78, 5) is 15.1. The standard InChI is InChI=1S/C38H27N2.C27H28NS.Ir/c1-25-10-8-11-26(2)36(25)37-34-24-32(31-19-18-28-14-6-7-15-29(28)22-31)20-21-35(34)39-38(40-37)33-17-9-16-30(23-33)27-12-4-3-5-13-27;1-2-3-4-5-6-7-12-21-13-10-14-22(19-21)23-15-11-16-24(20-23)27-28-25-17-8-9-18-26(25)29-27;/h3-16,18-24H,1-2H3;8-11,13-15,17-20H,2-7,12H2,1H3;/q2*-1;. The molecule has 0 fully saturated rings. The average Bonchev–Trinajstić information content (AvgIpc) is 3.85. The molecular formula is C65H55IrN3S-2. The summed E-state index contributed by atoms with van der Waals surface area (Å²) in [6.07, 6.45) is 9.23. The van der Waals surface area contributed by atoms with Crippen LogP contribution in [0.4, 0.5) is 0 Å². The second-order valence-electron chi connectivity index (χ2n) is 18.0. The van der Waals surface area contributed by atoms with Crippen LogP contribution in [0.15, 0.2) is 194 Å². The van der Waals surface area contributed by atoms with Crippen LogP contribution in [-0.2, 0) is 26.5 Å². The number of aryl methyl sites for hydroxylation is 3. The van der Waals surface area contributed by atoms with Crippen LogP contribution in [0.25, 0.3) is 98.5 Å². The first kappa shape index (κ1) is 48.2. The van der Waals surface area contributed by atoms with Crippen LogP contribution in [0.3, 0.4) is 0 Å². The van der Waals surface area contributed by atoms with Crippen LogP contribution in [0.5, 0.6) is 0 Å². The molecule has 11 rings (SSSR count). The summed E-state index contributed by atoms with van der Waals surface area (Å²) in [5, 5.41) is 4.56. The SMILES string of the molecule is CCCCCCCCc1cccc(-c2cc[c-]c(-c3nc4ccccc4s3)c2)c1.Cc1cccc(C)c1-c1nc(-c2[c-]ccc(-c3ccccc3)c2)nc2ccc(-c3ccc4ccccc4c3)cc12.[Ir]. The Bertz CT molecular complexity index is 3490. The molecular weight excluding hydrogens is 1050 g/mol. The Hall–Kier alpha value is -6.88. The van der Waals surface area contributed by atoms with Crippen molar-refractivity contribution in [3.05, 3.63) is 223 Å². The van der Waals surface area contributed by atoms with Gasteiger partial charge in [0.1, 0.15) is 0 Å². The third-order valence-electron chi connectivity index (χ3n) is 13.1. The third-order valence-corrected chi connectivity index (χ3v) is 14.1. The molecule has 347 valence electrons. The zero-order chi connectivity index (χ0) is 46.9. The first-order chi connectivity index (χ1) is 34.0. The first-order valence-corrected chi connectivity index (χ1v) is 25.2. The van der Waals surface area contributed by atoms with Crippen LogP contribution in [0.2, 0.25) is 0 Å². The van der Waals surface area contributed by atoms with Gasteiger partial charge >= 0.3 is 0 Å². The van der Waals surface area contributed by atoms with E-state index < -0.39 is 0 Å². The molecule has 11 aromatic rings. The molecule has 0 saturated carbocycles.